The maximum absolute atomic E-state index is 2.54. The van der Waals surface area contributed by atoms with Crippen molar-refractivity contribution in [3.05, 3.63) is 0 Å². The zero-order chi connectivity index (χ0) is 12.2. The number of hydrogen-bond acceptors (Lipinski definition) is 0. The maximum Gasteiger partial charge on any atom is -0.0261 e. The molecule has 94 valence electrons. The minimum atomic E-state index is 0.629. The Labute approximate surface area is 102 Å². The summed E-state index contributed by atoms with van der Waals surface area (Å²) in [7, 11) is 0. The van der Waals surface area contributed by atoms with Crippen LogP contribution in [0.3, 0.4) is 0 Å². The zero-order valence-electron chi connectivity index (χ0n) is 12.2. The first-order chi connectivity index (χ1) is 7.20. The van der Waals surface area contributed by atoms with Crippen LogP contribution in [0.5, 0.6) is 0 Å². The van der Waals surface area contributed by atoms with Crippen molar-refractivity contribution in [3.8, 4) is 0 Å². The van der Waals surface area contributed by atoms with Crippen LogP contribution in [0.1, 0.15) is 80.1 Å². The molecule has 2 atom stereocenters. The highest BCUT2D eigenvalue weighted by Crippen LogP contribution is 2.73. The summed E-state index contributed by atoms with van der Waals surface area (Å²) in [6.45, 7) is 14.7. The fraction of sp³-hybridized carbons (Fsp3) is 1.00. The van der Waals surface area contributed by atoms with Crippen LogP contribution < -0.4 is 0 Å². The van der Waals surface area contributed by atoms with Crippen molar-refractivity contribution in [2.24, 2.45) is 21.7 Å². The maximum atomic E-state index is 2.54. The van der Waals surface area contributed by atoms with Gasteiger partial charge in [-0.1, -0.05) is 54.4 Å². The largest absolute Gasteiger partial charge is 0.0649 e. The molecule has 0 N–H and O–H groups in total. The lowest BCUT2D eigenvalue weighted by Crippen LogP contribution is -2.44. The number of rotatable bonds is 4. The van der Waals surface area contributed by atoms with E-state index >= 15 is 0 Å². The minimum Gasteiger partial charge on any atom is -0.0649 e. The summed E-state index contributed by atoms with van der Waals surface area (Å²) < 4.78 is 0. The Morgan fingerprint density at radius 2 is 1.31 bits per heavy atom. The van der Waals surface area contributed by atoms with Crippen LogP contribution in [0.15, 0.2) is 0 Å². The van der Waals surface area contributed by atoms with Gasteiger partial charge >= 0.3 is 0 Å². The molecule has 0 radical (unpaired) electrons. The molecule has 0 aromatic heterocycles. The minimum absolute atomic E-state index is 0.629. The first-order valence-corrected chi connectivity index (χ1v) is 7.20. The van der Waals surface area contributed by atoms with E-state index in [-0.39, 0.29) is 0 Å². The molecule has 0 aromatic carbocycles. The molecule has 0 heteroatoms. The predicted molar refractivity (Wildman–Crippen MR) is 71.5 cm³/mol. The van der Waals surface area contributed by atoms with Crippen molar-refractivity contribution in [1.29, 1.82) is 0 Å². The molecule has 2 aliphatic carbocycles. The Morgan fingerprint density at radius 3 is 1.62 bits per heavy atom. The van der Waals surface area contributed by atoms with Gasteiger partial charge in [0.25, 0.3) is 0 Å². The van der Waals surface area contributed by atoms with Gasteiger partial charge in [-0.15, -0.1) is 0 Å². The van der Waals surface area contributed by atoms with Gasteiger partial charge in [-0.3, -0.25) is 0 Å². The quantitative estimate of drug-likeness (QED) is 0.596. The van der Waals surface area contributed by atoms with Crippen LogP contribution in [0.2, 0.25) is 0 Å². The van der Waals surface area contributed by atoms with Crippen molar-refractivity contribution in [1.82, 2.24) is 0 Å². The van der Waals surface area contributed by atoms with Crippen LogP contribution in [-0.4, -0.2) is 0 Å². The van der Waals surface area contributed by atoms with Crippen LogP contribution in [0.4, 0.5) is 0 Å². The van der Waals surface area contributed by atoms with E-state index in [1.165, 1.54) is 38.5 Å². The van der Waals surface area contributed by atoms with Crippen molar-refractivity contribution in [3.63, 3.8) is 0 Å². The van der Waals surface area contributed by atoms with Gasteiger partial charge in [0.2, 0.25) is 0 Å². The van der Waals surface area contributed by atoms with Crippen LogP contribution in [0, 0.1) is 21.7 Å². The normalized spacial score (nSPS) is 43.9. The summed E-state index contributed by atoms with van der Waals surface area (Å²) >= 11 is 0. The Morgan fingerprint density at radius 1 is 0.750 bits per heavy atom. The van der Waals surface area contributed by atoms with Crippen molar-refractivity contribution < 1.29 is 0 Å². The SMILES string of the molecule is CCC1(CC2(C)CC2(C)CC)CC(C)(C)C1. The highest BCUT2D eigenvalue weighted by molar-refractivity contribution is 5.13. The standard InChI is InChI=1S/C16H30/c1-7-14(5)11-15(14,6)12-16(8-2)9-13(3,4)10-16/h7-12H2,1-6H3. The van der Waals surface area contributed by atoms with Gasteiger partial charge in [-0.2, -0.15) is 0 Å². The highest BCUT2D eigenvalue weighted by atomic mass is 14.7. The second-order valence-electron chi connectivity index (χ2n) is 8.20. The predicted octanol–water partition coefficient (Wildman–Crippen LogP) is 5.42. The molecule has 0 heterocycles. The topological polar surface area (TPSA) is 0 Å². The third kappa shape index (κ3) is 1.73. The molecule has 2 rings (SSSR count). The Hall–Kier alpha value is 0. The summed E-state index contributed by atoms with van der Waals surface area (Å²) in [6.07, 6.45) is 8.65. The molecule has 2 saturated carbocycles. The lowest BCUT2D eigenvalue weighted by Gasteiger charge is -2.55. The summed E-state index contributed by atoms with van der Waals surface area (Å²) in [4.78, 5) is 0. The molecule has 0 aromatic rings. The first kappa shape index (κ1) is 12.5. The Bertz CT molecular complexity index is 280. The molecule has 16 heavy (non-hydrogen) atoms. The summed E-state index contributed by atoms with van der Waals surface area (Å²) in [6, 6.07) is 0. The summed E-state index contributed by atoms with van der Waals surface area (Å²) in [5.74, 6) is 0. The second-order valence-corrected chi connectivity index (χ2v) is 8.20. The molecule has 0 aliphatic heterocycles. The molecule has 2 fully saturated rings. The smallest absolute Gasteiger partial charge is 0.0261 e. The molecule has 2 aliphatic rings. The van der Waals surface area contributed by atoms with Gasteiger partial charge in [0.1, 0.15) is 0 Å². The van der Waals surface area contributed by atoms with Gasteiger partial charge in [0.15, 0.2) is 0 Å². The fourth-order valence-electron chi connectivity index (χ4n) is 4.95. The van der Waals surface area contributed by atoms with Gasteiger partial charge in [0.05, 0.1) is 0 Å². The Balaban J connectivity index is 2.01. The second kappa shape index (κ2) is 3.27. The van der Waals surface area contributed by atoms with E-state index < -0.39 is 0 Å². The van der Waals surface area contributed by atoms with Gasteiger partial charge in [0, 0.05) is 0 Å². The van der Waals surface area contributed by atoms with Crippen LogP contribution >= 0.6 is 0 Å². The summed E-state index contributed by atoms with van der Waals surface area (Å²) in [5, 5.41) is 0. The van der Waals surface area contributed by atoms with Crippen LogP contribution in [-0.2, 0) is 0 Å². The van der Waals surface area contributed by atoms with Gasteiger partial charge in [-0.25, -0.2) is 0 Å². The van der Waals surface area contributed by atoms with Crippen LogP contribution in [0.25, 0.3) is 0 Å². The fourth-order valence-corrected chi connectivity index (χ4v) is 4.95. The van der Waals surface area contributed by atoms with E-state index in [1.807, 2.05) is 0 Å². The summed E-state index contributed by atoms with van der Waals surface area (Å²) in [5.41, 5.74) is 2.65. The lowest BCUT2D eigenvalue weighted by molar-refractivity contribution is -0.0421. The molecular formula is C16H30. The zero-order valence-corrected chi connectivity index (χ0v) is 12.2. The van der Waals surface area contributed by atoms with Gasteiger partial charge in [-0.05, 0) is 47.3 Å². The van der Waals surface area contributed by atoms with E-state index in [2.05, 4.69) is 41.5 Å². The molecule has 0 spiro atoms. The Kier molecular flexibility index (Phi) is 2.54. The molecule has 0 amide bonds. The van der Waals surface area contributed by atoms with E-state index in [0.717, 1.165) is 0 Å². The van der Waals surface area contributed by atoms with Gasteiger partial charge < -0.3 is 0 Å². The third-order valence-corrected chi connectivity index (χ3v) is 6.12. The molecular weight excluding hydrogens is 192 g/mol. The monoisotopic (exact) mass is 222 g/mol. The average molecular weight is 222 g/mol. The van der Waals surface area contributed by atoms with E-state index in [1.54, 1.807) is 0 Å². The molecule has 0 saturated heterocycles. The highest BCUT2D eigenvalue weighted by Gasteiger charge is 2.63. The average Bonchev–Trinajstić information content (AvgIpc) is 2.66. The molecule has 2 unspecified atom stereocenters. The van der Waals surface area contributed by atoms with Crippen molar-refractivity contribution in [2.45, 2.75) is 80.1 Å². The third-order valence-electron chi connectivity index (χ3n) is 6.12. The number of hydrogen-bond donors (Lipinski definition) is 0. The molecule has 0 nitrogen and oxygen atoms in total. The van der Waals surface area contributed by atoms with Crippen molar-refractivity contribution in [2.75, 3.05) is 0 Å². The first-order valence-electron chi connectivity index (χ1n) is 7.20. The lowest BCUT2D eigenvalue weighted by atomic mass is 9.50. The van der Waals surface area contributed by atoms with E-state index in [9.17, 15) is 0 Å². The van der Waals surface area contributed by atoms with Crippen molar-refractivity contribution >= 4 is 0 Å². The van der Waals surface area contributed by atoms with E-state index in [0.29, 0.717) is 21.7 Å². The van der Waals surface area contributed by atoms with E-state index in [4.69, 9.17) is 0 Å². The molecule has 0 bridgehead atoms.